The number of aryl methyl sites for hydroxylation is 2. The van der Waals surface area contributed by atoms with E-state index in [-0.39, 0.29) is 5.91 Å². The van der Waals surface area contributed by atoms with Gasteiger partial charge < -0.3 is 9.30 Å². The van der Waals surface area contributed by atoms with Gasteiger partial charge in [-0.05, 0) is 50.6 Å². The number of benzene rings is 1. The van der Waals surface area contributed by atoms with Crippen molar-refractivity contribution in [3.8, 4) is 0 Å². The summed E-state index contributed by atoms with van der Waals surface area (Å²) < 4.78 is 1.93. The lowest BCUT2D eigenvalue weighted by atomic mass is 10.1. The van der Waals surface area contributed by atoms with Crippen molar-refractivity contribution in [1.82, 2.24) is 9.38 Å². The van der Waals surface area contributed by atoms with Gasteiger partial charge in [0.05, 0.1) is 5.69 Å². The third-order valence-corrected chi connectivity index (χ3v) is 3.70. The van der Waals surface area contributed by atoms with E-state index in [4.69, 9.17) is 0 Å². The molecule has 0 atom stereocenters. The van der Waals surface area contributed by atoms with Gasteiger partial charge in [0.1, 0.15) is 5.65 Å². The Morgan fingerprint density at radius 1 is 1.23 bits per heavy atom. The summed E-state index contributed by atoms with van der Waals surface area (Å²) in [5, 5.41) is 0. The number of hydrogen-bond acceptors (Lipinski definition) is 2. The van der Waals surface area contributed by atoms with Crippen LogP contribution in [0.3, 0.4) is 0 Å². The van der Waals surface area contributed by atoms with Crippen LogP contribution >= 0.6 is 0 Å². The first-order valence-electron chi connectivity index (χ1n) is 7.42. The molecule has 0 N–H and O–H groups in total. The highest BCUT2D eigenvalue weighted by atomic mass is 16.2. The van der Waals surface area contributed by atoms with Crippen molar-refractivity contribution in [1.29, 1.82) is 0 Å². The highest BCUT2D eigenvalue weighted by Crippen LogP contribution is 2.19. The molecule has 0 saturated heterocycles. The van der Waals surface area contributed by atoms with Crippen LogP contribution < -0.4 is 4.90 Å². The topological polar surface area (TPSA) is 37.6 Å². The van der Waals surface area contributed by atoms with Gasteiger partial charge in [-0.3, -0.25) is 4.79 Å². The number of amides is 1. The van der Waals surface area contributed by atoms with Gasteiger partial charge in [0.15, 0.2) is 0 Å². The number of aromatic nitrogens is 2. The highest BCUT2D eigenvalue weighted by Gasteiger charge is 2.17. The van der Waals surface area contributed by atoms with Gasteiger partial charge >= 0.3 is 0 Å². The lowest BCUT2D eigenvalue weighted by Crippen LogP contribution is -2.30. The van der Waals surface area contributed by atoms with Crippen LogP contribution in [0, 0.1) is 13.8 Å². The maximum atomic E-state index is 12.8. The largest absolute Gasteiger partial charge is 0.309 e. The minimum Gasteiger partial charge on any atom is -0.309 e. The lowest BCUT2D eigenvalue weighted by Gasteiger charge is -2.21. The van der Waals surface area contributed by atoms with Gasteiger partial charge in [-0.1, -0.05) is 12.1 Å². The first kappa shape index (κ1) is 14.3. The van der Waals surface area contributed by atoms with Crippen molar-refractivity contribution in [2.45, 2.75) is 20.8 Å². The van der Waals surface area contributed by atoms with E-state index < -0.39 is 0 Å². The summed E-state index contributed by atoms with van der Waals surface area (Å²) >= 11 is 0. The predicted octanol–water partition coefficient (Wildman–Crippen LogP) is 3.62. The molecule has 4 heteroatoms. The third-order valence-electron chi connectivity index (χ3n) is 3.70. The average Bonchev–Trinajstić information content (AvgIpc) is 2.87. The highest BCUT2D eigenvalue weighted by molar-refractivity contribution is 6.06. The number of carbonyl (C=O) groups excluding carboxylic acids is 1. The number of nitrogens with zero attached hydrogens (tertiary/aromatic N) is 3. The second kappa shape index (κ2) is 5.64. The van der Waals surface area contributed by atoms with Crippen LogP contribution in [-0.4, -0.2) is 21.8 Å². The van der Waals surface area contributed by atoms with E-state index in [2.05, 4.69) is 4.98 Å². The van der Waals surface area contributed by atoms with E-state index in [1.165, 1.54) is 0 Å². The van der Waals surface area contributed by atoms with Crippen molar-refractivity contribution >= 4 is 17.2 Å². The Balaban J connectivity index is 1.98. The van der Waals surface area contributed by atoms with E-state index in [1.54, 1.807) is 4.90 Å². The summed E-state index contributed by atoms with van der Waals surface area (Å²) in [6.07, 6.45) is 3.83. The Hall–Kier alpha value is -2.62. The zero-order valence-corrected chi connectivity index (χ0v) is 13.1. The van der Waals surface area contributed by atoms with E-state index in [0.29, 0.717) is 12.1 Å². The molecule has 3 rings (SSSR count). The summed E-state index contributed by atoms with van der Waals surface area (Å²) in [7, 11) is 0. The SMILES string of the molecule is CCN(C(=O)c1ccn2cc(C)nc2c1)c1cccc(C)c1. The van der Waals surface area contributed by atoms with Crippen LogP contribution in [0.4, 0.5) is 5.69 Å². The molecule has 0 aliphatic carbocycles. The molecule has 0 spiro atoms. The quantitative estimate of drug-likeness (QED) is 0.739. The maximum absolute atomic E-state index is 12.8. The Morgan fingerprint density at radius 3 is 2.77 bits per heavy atom. The zero-order valence-electron chi connectivity index (χ0n) is 13.1. The molecule has 3 aromatic rings. The predicted molar refractivity (Wildman–Crippen MR) is 88.5 cm³/mol. The average molecular weight is 293 g/mol. The van der Waals surface area contributed by atoms with Crippen LogP contribution in [0.5, 0.6) is 0 Å². The number of anilines is 1. The summed E-state index contributed by atoms with van der Waals surface area (Å²) in [6, 6.07) is 11.7. The Kier molecular flexibility index (Phi) is 3.67. The minimum atomic E-state index is -0.00347. The van der Waals surface area contributed by atoms with Crippen LogP contribution in [0.15, 0.2) is 48.8 Å². The summed E-state index contributed by atoms with van der Waals surface area (Å²) in [5.41, 5.74) is 4.45. The molecule has 112 valence electrons. The standard InChI is InChI=1S/C18H19N3O/c1-4-21(16-7-5-6-13(2)10-16)18(22)15-8-9-20-12-14(3)19-17(20)11-15/h5-12H,4H2,1-3H3. The van der Waals surface area contributed by atoms with Crippen molar-refractivity contribution in [3.63, 3.8) is 0 Å². The van der Waals surface area contributed by atoms with Gasteiger partial charge in [-0.25, -0.2) is 4.98 Å². The number of rotatable bonds is 3. The number of pyridine rings is 1. The van der Waals surface area contributed by atoms with Crippen molar-refractivity contribution in [3.05, 3.63) is 65.6 Å². The van der Waals surface area contributed by atoms with E-state index >= 15 is 0 Å². The summed E-state index contributed by atoms with van der Waals surface area (Å²) in [4.78, 5) is 19.0. The fraction of sp³-hybridized carbons (Fsp3) is 0.222. The van der Waals surface area contributed by atoms with Crippen molar-refractivity contribution < 1.29 is 4.79 Å². The fourth-order valence-electron chi connectivity index (χ4n) is 2.64. The molecule has 0 radical (unpaired) electrons. The molecule has 1 aromatic carbocycles. The lowest BCUT2D eigenvalue weighted by molar-refractivity contribution is 0.0988. The second-order valence-electron chi connectivity index (χ2n) is 5.45. The maximum Gasteiger partial charge on any atom is 0.258 e. The van der Waals surface area contributed by atoms with E-state index in [1.807, 2.05) is 74.0 Å². The van der Waals surface area contributed by atoms with Crippen LogP contribution in [-0.2, 0) is 0 Å². The van der Waals surface area contributed by atoms with Gasteiger partial charge in [-0.2, -0.15) is 0 Å². The number of carbonyl (C=O) groups is 1. The molecule has 0 unspecified atom stereocenters. The first-order chi connectivity index (χ1) is 10.6. The molecular formula is C18H19N3O. The zero-order chi connectivity index (χ0) is 15.7. The third kappa shape index (κ3) is 2.60. The first-order valence-corrected chi connectivity index (χ1v) is 7.42. The molecule has 0 fully saturated rings. The summed E-state index contributed by atoms with van der Waals surface area (Å²) in [5.74, 6) is -0.00347. The van der Waals surface area contributed by atoms with Crippen LogP contribution in [0.2, 0.25) is 0 Å². The molecule has 2 heterocycles. The smallest absolute Gasteiger partial charge is 0.258 e. The molecule has 0 aliphatic heterocycles. The van der Waals surface area contributed by atoms with Crippen molar-refractivity contribution in [2.75, 3.05) is 11.4 Å². The summed E-state index contributed by atoms with van der Waals surface area (Å²) in [6.45, 7) is 6.58. The molecule has 0 aliphatic rings. The monoisotopic (exact) mass is 293 g/mol. The molecule has 1 amide bonds. The van der Waals surface area contributed by atoms with E-state index in [9.17, 15) is 4.79 Å². The normalized spacial score (nSPS) is 10.9. The van der Waals surface area contributed by atoms with Crippen molar-refractivity contribution in [2.24, 2.45) is 0 Å². The Morgan fingerprint density at radius 2 is 2.05 bits per heavy atom. The number of hydrogen-bond donors (Lipinski definition) is 0. The van der Waals surface area contributed by atoms with Gasteiger partial charge in [0.2, 0.25) is 0 Å². The molecule has 0 bridgehead atoms. The molecule has 0 saturated carbocycles. The van der Waals surface area contributed by atoms with Gasteiger partial charge in [0.25, 0.3) is 5.91 Å². The van der Waals surface area contributed by atoms with Crippen LogP contribution in [0.1, 0.15) is 28.5 Å². The number of fused-ring (bicyclic) bond motifs is 1. The molecule has 22 heavy (non-hydrogen) atoms. The molecule has 2 aromatic heterocycles. The van der Waals surface area contributed by atoms with Crippen LogP contribution in [0.25, 0.3) is 5.65 Å². The Labute approximate surface area is 130 Å². The van der Waals surface area contributed by atoms with Gasteiger partial charge in [0, 0.05) is 30.2 Å². The Bertz CT molecular complexity index is 835. The molecular weight excluding hydrogens is 274 g/mol. The van der Waals surface area contributed by atoms with Gasteiger partial charge in [-0.15, -0.1) is 0 Å². The number of imidazole rings is 1. The fourth-order valence-corrected chi connectivity index (χ4v) is 2.64. The van der Waals surface area contributed by atoms with E-state index in [0.717, 1.165) is 22.6 Å². The minimum absolute atomic E-state index is 0.00347. The molecule has 4 nitrogen and oxygen atoms in total. The second-order valence-corrected chi connectivity index (χ2v) is 5.45.